The molecule has 1 aliphatic carbocycles. The summed E-state index contributed by atoms with van der Waals surface area (Å²) in [6, 6.07) is 6.37. The molecule has 0 heterocycles. The van der Waals surface area contributed by atoms with E-state index in [-0.39, 0.29) is 11.9 Å². The molecular weight excluding hydrogens is 306 g/mol. The number of rotatable bonds is 7. The molecule has 1 saturated carbocycles. The van der Waals surface area contributed by atoms with Gasteiger partial charge in [-0.3, -0.25) is 4.79 Å². The van der Waals surface area contributed by atoms with Crippen LogP contribution in [0.4, 0.5) is 4.79 Å². The van der Waals surface area contributed by atoms with Crippen molar-refractivity contribution in [1.82, 2.24) is 10.6 Å². The van der Waals surface area contributed by atoms with Crippen LogP contribution in [-0.2, 0) is 4.79 Å². The number of carbonyl (C=O) groups is 2. The predicted molar refractivity (Wildman–Crippen MR) is 92.7 cm³/mol. The summed E-state index contributed by atoms with van der Waals surface area (Å²) >= 11 is 0. The third-order valence-electron chi connectivity index (χ3n) is 4.36. The first-order valence-corrected chi connectivity index (χ1v) is 8.62. The molecule has 0 aliphatic heterocycles. The van der Waals surface area contributed by atoms with Crippen molar-refractivity contribution in [3.63, 3.8) is 0 Å². The first-order chi connectivity index (χ1) is 11.5. The van der Waals surface area contributed by atoms with E-state index >= 15 is 0 Å². The molecule has 2 rings (SSSR count). The van der Waals surface area contributed by atoms with Crippen molar-refractivity contribution in [2.75, 3.05) is 0 Å². The Hall–Kier alpha value is -2.24. The second-order valence-corrected chi connectivity index (χ2v) is 6.29. The number of primary amides is 1. The highest BCUT2D eigenvalue weighted by atomic mass is 16.5. The Kier molecular flexibility index (Phi) is 6.46. The van der Waals surface area contributed by atoms with Crippen LogP contribution in [-0.4, -0.2) is 24.1 Å². The van der Waals surface area contributed by atoms with Gasteiger partial charge in [0.1, 0.15) is 11.8 Å². The van der Waals surface area contributed by atoms with Crippen molar-refractivity contribution < 1.29 is 14.3 Å². The van der Waals surface area contributed by atoms with Gasteiger partial charge in [-0.1, -0.05) is 19.1 Å². The molecule has 0 saturated heterocycles. The number of carbonyl (C=O) groups excluding carboxylic acids is 2. The molecule has 1 aliphatic rings. The lowest BCUT2D eigenvalue weighted by Gasteiger charge is -2.21. The zero-order valence-electron chi connectivity index (χ0n) is 14.4. The van der Waals surface area contributed by atoms with Crippen LogP contribution in [0.3, 0.4) is 0 Å². The topological polar surface area (TPSA) is 93.5 Å². The van der Waals surface area contributed by atoms with Crippen LogP contribution >= 0.6 is 0 Å². The summed E-state index contributed by atoms with van der Waals surface area (Å²) in [6.45, 7) is 3.60. The van der Waals surface area contributed by atoms with Crippen LogP contribution in [0.15, 0.2) is 24.3 Å². The van der Waals surface area contributed by atoms with Gasteiger partial charge in [-0.25, -0.2) is 4.79 Å². The van der Waals surface area contributed by atoms with Crippen LogP contribution in [0.1, 0.15) is 57.6 Å². The standard InChI is InChI=1S/C18H27N3O3/c1-3-16(21-17(22)12(2)20-18(19)23)13-8-10-15(11-9-13)24-14-6-4-5-7-14/h8-12,14,16H,3-7H2,1-2H3,(H,21,22)(H3,19,20,23)/t12-,16-/m1/s1. The maximum absolute atomic E-state index is 12.1. The molecule has 24 heavy (non-hydrogen) atoms. The Morgan fingerprint density at radius 1 is 1.21 bits per heavy atom. The van der Waals surface area contributed by atoms with Crippen molar-refractivity contribution >= 4 is 11.9 Å². The Labute approximate surface area is 143 Å². The van der Waals surface area contributed by atoms with Gasteiger partial charge in [0.25, 0.3) is 0 Å². The van der Waals surface area contributed by atoms with Gasteiger partial charge >= 0.3 is 6.03 Å². The van der Waals surface area contributed by atoms with Gasteiger partial charge in [0, 0.05) is 0 Å². The number of benzene rings is 1. The number of ether oxygens (including phenoxy) is 1. The SMILES string of the molecule is CC[C@@H](NC(=O)[C@@H](C)NC(N)=O)c1ccc(OC2CCCC2)cc1. The fourth-order valence-corrected chi connectivity index (χ4v) is 2.97. The summed E-state index contributed by atoms with van der Waals surface area (Å²) in [6.07, 6.45) is 5.81. The largest absolute Gasteiger partial charge is 0.490 e. The highest BCUT2D eigenvalue weighted by molar-refractivity contribution is 5.86. The zero-order valence-corrected chi connectivity index (χ0v) is 14.4. The molecule has 0 spiro atoms. The molecule has 4 N–H and O–H groups in total. The molecule has 0 bridgehead atoms. The summed E-state index contributed by atoms with van der Waals surface area (Å²) in [4.78, 5) is 22.9. The van der Waals surface area contributed by atoms with Crippen molar-refractivity contribution in [3.05, 3.63) is 29.8 Å². The quantitative estimate of drug-likeness (QED) is 0.716. The molecular formula is C18H27N3O3. The van der Waals surface area contributed by atoms with Gasteiger partial charge in [0.2, 0.25) is 5.91 Å². The van der Waals surface area contributed by atoms with Crippen LogP contribution in [0.25, 0.3) is 0 Å². The fourth-order valence-electron chi connectivity index (χ4n) is 2.97. The highest BCUT2D eigenvalue weighted by Gasteiger charge is 2.19. The number of nitrogens with one attached hydrogen (secondary N) is 2. The number of hydrogen-bond acceptors (Lipinski definition) is 3. The second kappa shape index (κ2) is 8.57. The third kappa shape index (κ3) is 5.15. The smallest absolute Gasteiger partial charge is 0.312 e. The lowest BCUT2D eigenvalue weighted by molar-refractivity contribution is -0.123. The summed E-state index contributed by atoms with van der Waals surface area (Å²) in [5.74, 6) is 0.613. The molecule has 6 nitrogen and oxygen atoms in total. The van der Waals surface area contributed by atoms with Crippen LogP contribution < -0.4 is 21.1 Å². The lowest BCUT2D eigenvalue weighted by Crippen LogP contribution is -2.47. The van der Waals surface area contributed by atoms with Crippen molar-refractivity contribution in [2.45, 2.75) is 64.1 Å². The molecule has 2 atom stereocenters. The summed E-state index contributed by atoms with van der Waals surface area (Å²) in [5.41, 5.74) is 6.06. The Morgan fingerprint density at radius 2 is 1.83 bits per heavy atom. The normalized spacial score (nSPS) is 17.1. The van der Waals surface area contributed by atoms with Crippen molar-refractivity contribution in [3.8, 4) is 5.75 Å². The Bertz CT molecular complexity index is 553. The molecule has 0 radical (unpaired) electrons. The van der Waals surface area contributed by atoms with Gasteiger partial charge in [-0.05, 0) is 56.7 Å². The van der Waals surface area contributed by atoms with Gasteiger partial charge in [0.15, 0.2) is 0 Å². The van der Waals surface area contributed by atoms with Gasteiger partial charge in [-0.2, -0.15) is 0 Å². The van der Waals surface area contributed by atoms with E-state index in [1.165, 1.54) is 12.8 Å². The number of urea groups is 1. The lowest BCUT2D eigenvalue weighted by atomic mass is 10.0. The first-order valence-electron chi connectivity index (χ1n) is 8.62. The highest BCUT2D eigenvalue weighted by Crippen LogP contribution is 2.26. The average Bonchev–Trinajstić information content (AvgIpc) is 3.05. The van der Waals surface area contributed by atoms with Crippen LogP contribution in [0.5, 0.6) is 5.75 Å². The van der Waals surface area contributed by atoms with Crippen molar-refractivity contribution in [2.24, 2.45) is 5.73 Å². The van der Waals surface area contributed by atoms with E-state index in [0.29, 0.717) is 6.10 Å². The number of amides is 3. The van der Waals surface area contributed by atoms with Crippen molar-refractivity contribution in [1.29, 1.82) is 0 Å². The van der Waals surface area contributed by atoms with Crippen LogP contribution in [0, 0.1) is 0 Å². The first kappa shape index (κ1) is 18.1. The number of nitrogens with two attached hydrogens (primary N) is 1. The third-order valence-corrected chi connectivity index (χ3v) is 4.36. The van der Waals surface area contributed by atoms with E-state index in [2.05, 4.69) is 10.6 Å². The molecule has 1 aromatic carbocycles. The monoisotopic (exact) mass is 333 g/mol. The summed E-state index contributed by atoms with van der Waals surface area (Å²) in [7, 11) is 0. The fraction of sp³-hybridized carbons (Fsp3) is 0.556. The maximum Gasteiger partial charge on any atom is 0.312 e. The van der Waals surface area contributed by atoms with E-state index in [4.69, 9.17) is 10.5 Å². The molecule has 1 fully saturated rings. The number of hydrogen-bond donors (Lipinski definition) is 3. The van der Waals surface area contributed by atoms with E-state index in [1.54, 1.807) is 6.92 Å². The Balaban J connectivity index is 1.94. The minimum atomic E-state index is -0.709. The molecule has 0 aromatic heterocycles. The van der Waals surface area contributed by atoms with E-state index in [1.807, 2.05) is 31.2 Å². The Morgan fingerprint density at radius 3 is 2.38 bits per heavy atom. The van der Waals surface area contributed by atoms with Gasteiger partial charge in [-0.15, -0.1) is 0 Å². The zero-order chi connectivity index (χ0) is 17.5. The minimum Gasteiger partial charge on any atom is -0.490 e. The minimum absolute atomic E-state index is 0.116. The second-order valence-electron chi connectivity index (χ2n) is 6.29. The van der Waals surface area contributed by atoms with E-state index in [9.17, 15) is 9.59 Å². The summed E-state index contributed by atoms with van der Waals surface area (Å²) < 4.78 is 5.96. The predicted octanol–water partition coefficient (Wildman–Crippen LogP) is 2.63. The van der Waals surface area contributed by atoms with Crippen LogP contribution in [0.2, 0.25) is 0 Å². The maximum atomic E-state index is 12.1. The summed E-state index contributed by atoms with van der Waals surface area (Å²) in [5, 5.41) is 5.31. The van der Waals surface area contributed by atoms with E-state index in [0.717, 1.165) is 30.6 Å². The molecule has 1 aromatic rings. The molecule has 3 amide bonds. The average molecular weight is 333 g/mol. The molecule has 132 valence electrons. The van der Waals surface area contributed by atoms with Gasteiger partial charge in [0.05, 0.1) is 12.1 Å². The molecule has 6 heteroatoms. The van der Waals surface area contributed by atoms with E-state index < -0.39 is 12.1 Å². The van der Waals surface area contributed by atoms with Gasteiger partial charge < -0.3 is 21.1 Å². The molecule has 0 unspecified atom stereocenters.